The van der Waals surface area contributed by atoms with Gasteiger partial charge < -0.3 is 4.98 Å². The largest absolute Gasteiger partial charge is 0.332 e. The minimum atomic E-state index is -3.36. The van der Waals surface area contributed by atoms with Crippen molar-refractivity contribution in [2.75, 3.05) is 6.26 Å². The highest BCUT2D eigenvalue weighted by molar-refractivity contribution is 7.90. The van der Waals surface area contributed by atoms with Gasteiger partial charge >= 0.3 is 0 Å². The van der Waals surface area contributed by atoms with Crippen LogP contribution < -0.4 is 0 Å². The summed E-state index contributed by atoms with van der Waals surface area (Å²) in [5, 5.41) is -0.157. The van der Waals surface area contributed by atoms with Gasteiger partial charge in [0.05, 0.1) is 0 Å². The maximum Gasteiger partial charge on any atom is 0.225 e. The second-order valence-corrected chi connectivity index (χ2v) is 4.77. The minimum absolute atomic E-state index is 0.157. The molecule has 0 aliphatic rings. The molecular weight excluding hydrogens is 192 g/mol. The van der Waals surface area contributed by atoms with Crippen molar-refractivity contribution < 1.29 is 13.2 Å². The summed E-state index contributed by atoms with van der Waals surface area (Å²) in [4.78, 5) is 17.2. The van der Waals surface area contributed by atoms with Crippen LogP contribution in [0.4, 0.5) is 0 Å². The van der Waals surface area contributed by atoms with Gasteiger partial charge in [0.1, 0.15) is 5.69 Å². The molecule has 0 fully saturated rings. The minimum Gasteiger partial charge on any atom is -0.332 e. The lowest BCUT2D eigenvalue weighted by atomic mass is 10.3. The molecule has 1 heterocycles. The van der Waals surface area contributed by atoms with E-state index >= 15 is 0 Å². The van der Waals surface area contributed by atoms with Crippen molar-refractivity contribution in [1.82, 2.24) is 9.97 Å². The van der Waals surface area contributed by atoms with Crippen molar-refractivity contribution >= 4 is 15.6 Å². The van der Waals surface area contributed by atoms with Crippen LogP contribution in [-0.4, -0.2) is 30.4 Å². The fourth-order valence-corrected chi connectivity index (χ4v) is 1.55. The summed E-state index contributed by atoms with van der Waals surface area (Å²) in [5.41, 5.74) is 0.661. The number of imidazole rings is 1. The number of carbonyl (C=O) groups is 1. The summed E-state index contributed by atoms with van der Waals surface area (Å²) in [6.45, 7) is 2.95. The predicted octanol–water partition coefficient (Wildman–Crippen LogP) is 0.324. The third kappa shape index (κ3) is 1.95. The molecule has 0 amide bonds. The van der Waals surface area contributed by atoms with E-state index in [-0.39, 0.29) is 16.6 Å². The molecule has 1 aromatic heterocycles. The number of carbonyl (C=O) groups excluding carboxylic acids is 1. The lowest BCUT2D eigenvalue weighted by Gasteiger charge is -1.87. The highest BCUT2D eigenvalue weighted by atomic mass is 32.2. The normalized spacial score (nSPS) is 11.6. The molecular formula is C7H10N2O3S. The Morgan fingerprint density at radius 1 is 1.46 bits per heavy atom. The van der Waals surface area contributed by atoms with Gasteiger partial charge in [-0.3, -0.25) is 4.79 Å². The zero-order valence-electron chi connectivity index (χ0n) is 7.58. The number of sulfone groups is 1. The zero-order chi connectivity index (χ0) is 10.2. The first-order valence-electron chi connectivity index (χ1n) is 3.60. The van der Waals surface area contributed by atoms with E-state index in [9.17, 15) is 13.2 Å². The molecule has 1 rings (SSSR count). The van der Waals surface area contributed by atoms with Crippen LogP contribution in [0.3, 0.4) is 0 Å². The fraction of sp³-hybridized carbons (Fsp3) is 0.429. The molecule has 13 heavy (non-hydrogen) atoms. The van der Waals surface area contributed by atoms with E-state index in [2.05, 4.69) is 9.97 Å². The van der Waals surface area contributed by atoms with E-state index in [0.717, 1.165) is 6.26 Å². The second-order valence-electron chi connectivity index (χ2n) is 2.84. The number of Topliss-reactive ketones (excluding diaryl/α,β-unsaturated/α-hetero) is 1. The van der Waals surface area contributed by atoms with Gasteiger partial charge in [-0.2, -0.15) is 0 Å². The van der Waals surface area contributed by atoms with Gasteiger partial charge in [0.25, 0.3) is 0 Å². The molecule has 0 radical (unpaired) electrons. The zero-order valence-corrected chi connectivity index (χ0v) is 8.40. The molecule has 0 aliphatic carbocycles. The fourth-order valence-electron chi connectivity index (χ4n) is 0.951. The molecule has 0 saturated heterocycles. The van der Waals surface area contributed by atoms with Crippen LogP contribution in [0.1, 0.15) is 23.1 Å². The van der Waals surface area contributed by atoms with Crippen LogP contribution in [0.5, 0.6) is 0 Å². The number of H-pyrrole nitrogens is 1. The van der Waals surface area contributed by atoms with Crippen molar-refractivity contribution in [2.24, 2.45) is 0 Å². The molecule has 0 atom stereocenters. The first-order valence-corrected chi connectivity index (χ1v) is 5.49. The van der Waals surface area contributed by atoms with Crippen molar-refractivity contribution in [3.63, 3.8) is 0 Å². The van der Waals surface area contributed by atoms with Crippen molar-refractivity contribution in [3.8, 4) is 0 Å². The molecule has 0 unspecified atom stereocenters. The number of nitrogens with one attached hydrogen (secondary N) is 1. The molecule has 0 aromatic carbocycles. The quantitative estimate of drug-likeness (QED) is 0.700. The molecule has 0 bridgehead atoms. The molecule has 72 valence electrons. The van der Waals surface area contributed by atoms with Crippen molar-refractivity contribution in [3.05, 3.63) is 11.4 Å². The van der Waals surface area contributed by atoms with Crippen LogP contribution in [0.2, 0.25) is 0 Å². The number of nitrogens with zero attached hydrogens (tertiary/aromatic N) is 1. The van der Waals surface area contributed by atoms with Crippen LogP contribution in [0.15, 0.2) is 5.16 Å². The Labute approximate surface area is 76.1 Å². The number of aromatic amines is 1. The van der Waals surface area contributed by atoms with E-state index in [1.165, 1.54) is 6.92 Å². The smallest absolute Gasteiger partial charge is 0.225 e. The molecule has 0 spiro atoms. The summed E-state index contributed by atoms with van der Waals surface area (Å²) >= 11 is 0. The van der Waals surface area contributed by atoms with Gasteiger partial charge in [0, 0.05) is 18.9 Å². The second kappa shape index (κ2) is 2.95. The van der Waals surface area contributed by atoms with E-state index < -0.39 is 9.84 Å². The maximum absolute atomic E-state index is 11.0. The number of rotatable bonds is 2. The van der Waals surface area contributed by atoms with Crippen molar-refractivity contribution in [2.45, 2.75) is 19.0 Å². The molecule has 5 nitrogen and oxygen atoms in total. The van der Waals surface area contributed by atoms with Crippen LogP contribution >= 0.6 is 0 Å². The van der Waals surface area contributed by atoms with E-state index in [4.69, 9.17) is 0 Å². The maximum atomic E-state index is 11.0. The van der Waals surface area contributed by atoms with Crippen molar-refractivity contribution in [1.29, 1.82) is 0 Å². The van der Waals surface area contributed by atoms with Gasteiger partial charge in [-0.25, -0.2) is 13.4 Å². The summed E-state index contributed by atoms with van der Waals surface area (Å²) < 4.78 is 22.0. The first kappa shape index (κ1) is 9.91. The number of hydrogen-bond acceptors (Lipinski definition) is 4. The van der Waals surface area contributed by atoms with Gasteiger partial charge in [-0.05, 0) is 6.92 Å². The Hall–Kier alpha value is -1.17. The van der Waals surface area contributed by atoms with Crippen LogP contribution in [-0.2, 0) is 9.84 Å². The molecule has 6 heteroatoms. The topological polar surface area (TPSA) is 79.9 Å². The predicted molar refractivity (Wildman–Crippen MR) is 46.4 cm³/mol. The average molecular weight is 202 g/mol. The summed E-state index contributed by atoms with van der Waals surface area (Å²) in [6.07, 6.45) is 1.04. The Kier molecular flexibility index (Phi) is 2.25. The summed E-state index contributed by atoms with van der Waals surface area (Å²) in [7, 11) is -3.36. The Morgan fingerprint density at radius 2 is 2.00 bits per heavy atom. The lowest BCUT2D eigenvalue weighted by Crippen LogP contribution is -2.00. The highest BCUT2D eigenvalue weighted by Gasteiger charge is 2.16. The number of ketones is 1. The number of aromatic nitrogens is 2. The standard InChI is InChI=1S/C7H10N2O3S/c1-4-6(5(2)10)9-7(8-4)13(3,11)12/h1-3H3,(H,8,9). The third-order valence-electron chi connectivity index (χ3n) is 1.55. The van der Waals surface area contributed by atoms with E-state index in [1.54, 1.807) is 6.92 Å². The van der Waals surface area contributed by atoms with Crippen LogP contribution in [0.25, 0.3) is 0 Å². The Balaban J connectivity index is 3.33. The highest BCUT2D eigenvalue weighted by Crippen LogP contribution is 2.09. The van der Waals surface area contributed by atoms with Crippen LogP contribution in [0, 0.1) is 6.92 Å². The number of hydrogen-bond donors (Lipinski definition) is 1. The molecule has 1 N–H and O–H groups in total. The molecule has 0 aliphatic heterocycles. The SMILES string of the molecule is CC(=O)c1nc(S(C)(=O)=O)[nH]c1C. The monoisotopic (exact) mass is 202 g/mol. The molecule has 1 aromatic rings. The Morgan fingerprint density at radius 3 is 2.23 bits per heavy atom. The average Bonchev–Trinajstić information content (AvgIpc) is 2.29. The first-order chi connectivity index (χ1) is 5.82. The van der Waals surface area contributed by atoms with Gasteiger partial charge in [-0.1, -0.05) is 0 Å². The summed E-state index contributed by atoms with van der Waals surface area (Å²) in [5.74, 6) is -0.247. The number of aryl methyl sites for hydroxylation is 1. The van der Waals surface area contributed by atoms with Gasteiger partial charge in [0.2, 0.25) is 15.0 Å². The van der Waals surface area contributed by atoms with E-state index in [1.807, 2.05) is 0 Å². The van der Waals surface area contributed by atoms with E-state index in [0.29, 0.717) is 5.69 Å². The summed E-state index contributed by atoms with van der Waals surface area (Å²) in [6, 6.07) is 0. The van der Waals surface area contributed by atoms with Gasteiger partial charge in [0.15, 0.2) is 5.78 Å². The Bertz CT molecular complexity index is 444. The lowest BCUT2D eigenvalue weighted by molar-refractivity contribution is 0.101. The van der Waals surface area contributed by atoms with Gasteiger partial charge in [-0.15, -0.1) is 0 Å². The third-order valence-corrected chi connectivity index (χ3v) is 2.44. The molecule has 0 saturated carbocycles.